The van der Waals surface area contributed by atoms with E-state index in [0.717, 1.165) is 80.4 Å². The molecule has 6 fully saturated rings. The van der Waals surface area contributed by atoms with Crippen LogP contribution < -0.4 is 10.6 Å². The van der Waals surface area contributed by atoms with E-state index in [1.807, 2.05) is 94.4 Å². The fourth-order valence-corrected chi connectivity index (χ4v) is 28.3. The van der Waals surface area contributed by atoms with Gasteiger partial charge < -0.3 is 42.7 Å². The fourth-order valence-electron chi connectivity index (χ4n) is 20.1. The molecular formula is C96H155F12O10PSi4. The summed E-state index contributed by atoms with van der Waals surface area (Å²) in [5.41, 5.74) is -9.54. The maximum atomic E-state index is 14.6. The third kappa shape index (κ3) is 28.9. The largest absolute Gasteiger partial charge is 0.438 e. The number of allylic oxidation sites excluding steroid dienone is 4. The number of rotatable bonds is 25. The summed E-state index contributed by atoms with van der Waals surface area (Å²) in [7, 11) is -11.8. The summed E-state index contributed by atoms with van der Waals surface area (Å²) in [5.74, 6) is 7.46. The lowest BCUT2D eigenvalue weighted by atomic mass is 9.55. The monoisotopic (exact) mass is 1840 g/mol. The van der Waals surface area contributed by atoms with E-state index in [1.54, 1.807) is 19.8 Å². The molecular weight excluding hydrogens is 1680 g/mol. The van der Waals surface area contributed by atoms with Crippen molar-refractivity contribution < 1.29 is 100 Å². The Bertz CT molecular complexity index is 3910. The smallest absolute Gasteiger partial charge is 0.414 e. The highest BCUT2D eigenvalue weighted by Crippen LogP contribution is 2.65. The summed E-state index contributed by atoms with van der Waals surface area (Å²) in [6.45, 7) is 48.7. The van der Waals surface area contributed by atoms with Crippen molar-refractivity contribution in [3.8, 4) is 23.7 Å². The molecule has 0 spiro atoms. The van der Waals surface area contributed by atoms with E-state index < -0.39 is 111 Å². The maximum Gasteiger partial charge on any atom is 0.438 e. The van der Waals surface area contributed by atoms with Crippen LogP contribution >= 0.6 is 7.14 Å². The molecule has 2 aromatic rings. The summed E-state index contributed by atoms with van der Waals surface area (Å²) in [6, 6.07) is 20.0. The van der Waals surface area contributed by atoms with Gasteiger partial charge in [-0.1, -0.05) is 204 Å². The van der Waals surface area contributed by atoms with Gasteiger partial charge in [0.1, 0.15) is 12.9 Å². The third-order valence-electron chi connectivity index (χ3n) is 27.8. The van der Waals surface area contributed by atoms with Gasteiger partial charge in [-0.15, -0.1) is 0 Å². The van der Waals surface area contributed by atoms with Gasteiger partial charge in [-0.3, -0.25) is 4.79 Å². The average molecular weight is 1840 g/mol. The van der Waals surface area contributed by atoms with E-state index >= 15 is 0 Å². The van der Waals surface area contributed by atoms with Crippen molar-refractivity contribution in [3.05, 3.63) is 95.6 Å². The Kier molecular flexibility index (Phi) is 37.6. The zero-order chi connectivity index (χ0) is 92.1. The van der Waals surface area contributed by atoms with Gasteiger partial charge in [-0.05, 0) is 276 Å². The van der Waals surface area contributed by atoms with E-state index in [-0.39, 0.29) is 90.3 Å². The highest BCUT2D eigenvalue weighted by molar-refractivity contribution is 7.78. The van der Waals surface area contributed by atoms with Crippen molar-refractivity contribution in [3.63, 3.8) is 0 Å². The summed E-state index contributed by atoms with van der Waals surface area (Å²) < 4.78 is 204. The Labute approximate surface area is 736 Å². The Balaban J connectivity index is 0.000000385. The number of carbonyl (C=O) groups excluding carboxylic acids is 1. The number of alkyl halides is 12. The molecule has 2 aromatic carbocycles. The Morgan fingerprint density at radius 1 is 0.504 bits per heavy atom. The number of carbonyl (C=O) groups is 1. The molecule has 12 atom stereocenters. The molecule has 704 valence electrons. The fraction of sp³-hybridized carbons (Fsp3) is 0.760. The van der Waals surface area contributed by atoms with Crippen LogP contribution in [-0.2, 0) is 27.1 Å². The van der Waals surface area contributed by atoms with E-state index in [0.29, 0.717) is 83.2 Å². The molecule has 6 aliphatic rings. The van der Waals surface area contributed by atoms with Crippen molar-refractivity contribution in [2.75, 3.05) is 6.16 Å². The standard InChI is InChI=1S/C32H46F6O4.C32H51O3PSi2.C30H50F6O3Si2.2CH4/c1-27(2,41)13-6-14-28(3,15-7-17-30(42,31(33,34)35)32(36,37)38)26-12-11-25-22(8-5-16-29(25,26)4)10-9-21-18-23(39)20-24(40)19-21;1-31(2,3)37(7,8)34-27-23-26(24-28(25-27)35-38(9,10)32(4,5)6)21-22-36(33,29-17-13-11-14-18-29)30-19-15-12-16-20-30;1-25(2,38-40(5,6)7)17-12-18-26(3,24-16-15-22-23(37)14-11-20-27(22,24)4)19-13-21-28(29(31,32)33,30(34,35)36)39-41(8,9)10;;/h9-10,23-26,39-42H,5-6,8,11-16,18-20H2,1-4H3;11-21,27-28H,22-25H2,1-10H3;22,24H,11-12,14-20H2,1-10H3;2*1H4/b22-10+;;;;/t23-,24-,25?,26-,28?,29+;27-,28-;22?,24-,26?,27+;;/m111../s1. The molecule has 4 unspecified atom stereocenters. The van der Waals surface area contributed by atoms with Crippen LogP contribution in [0.5, 0.6) is 0 Å². The lowest BCUT2D eigenvalue weighted by Crippen LogP contribution is -2.61. The highest BCUT2D eigenvalue weighted by atomic mass is 31.2. The Morgan fingerprint density at radius 3 is 1.32 bits per heavy atom. The molecule has 0 heterocycles. The first-order valence-electron chi connectivity index (χ1n) is 43.9. The summed E-state index contributed by atoms with van der Waals surface area (Å²) in [6.07, 6.45) is -2.86. The predicted molar refractivity (Wildman–Crippen MR) is 487 cm³/mol. The third-order valence-corrected chi connectivity index (χ3v) is 42.0. The summed E-state index contributed by atoms with van der Waals surface area (Å²) >= 11 is 0. The van der Waals surface area contributed by atoms with Crippen molar-refractivity contribution in [2.24, 2.45) is 45.3 Å². The number of ketones is 1. The molecule has 6 saturated carbocycles. The Morgan fingerprint density at radius 2 is 0.911 bits per heavy atom. The Hall–Kier alpha value is -3.61. The zero-order valence-corrected chi connectivity index (χ0v) is 81.9. The quantitative estimate of drug-likeness (QED) is 0.0249. The van der Waals surface area contributed by atoms with Gasteiger partial charge in [-0.25, -0.2) is 0 Å². The SMILES string of the molecule is C.C.CC(C)(C)[Si](C)(C)O[C@@H]1CC(=CCP(=O)(c2ccccc2)c2ccccc2)C[C@@H](O[Si](C)(C)C(C)(C)C)C1.CC(C)(CCCC(C)(CC#CC(O[Si](C)(C)C)(C(F)(F)F)C(F)(F)F)[C@H]1CCC2C(=O)CCC[C@@]21C)O[Si](C)(C)C.CC(C)(O)CCCC(C)(CC#CC(O)(C(F)(F)F)C(F)(F)F)[C@H]1CCC2/C(=C/C=C3C[C@@H](O)C[C@H](O)C3)CCC[C@@]21C. The first-order valence-corrected chi connectivity index (χ1v) is 58.4. The molecule has 8 rings (SSSR count). The molecule has 0 radical (unpaired) electrons. The van der Waals surface area contributed by atoms with Gasteiger partial charge in [0.05, 0.1) is 35.6 Å². The predicted octanol–water partition coefficient (Wildman–Crippen LogP) is 27.0. The highest BCUT2D eigenvalue weighted by Gasteiger charge is 2.74. The van der Waals surface area contributed by atoms with Gasteiger partial charge in [0.25, 0.3) is 0 Å². The summed E-state index contributed by atoms with van der Waals surface area (Å²) in [5, 5.41) is 42.1. The minimum atomic E-state index is -6.00. The van der Waals surface area contributed by atoms with Crippen LogP contribution in [0, 0.1) is 69.0 Å². The zero-order valence-electron chi connectivity index (χ0n) is 77.0. The number of benzene rings is 2. The van der Waals surface area contributed by atoms with E-state index in [1.165, 1.54) is 36.7 Å². The molecule has 0 bridgehead atoms. The van der Waals surface area contributed by atoms with Crippen molar-refractivity contribution in [1.29, 1.82) is 0 Å². The van der Waals surface area contributed by atoms with E-state index in [2.05, 4.69) is 125 Å². The van der Waals surface area contributed by atoms with Gasteiger partial charge in [0.15, 0.2) is 33.3 Å². The minimum Gasteiger partial charge on any atom is -0.414 e. The molecule has 0 amide bonds. The molecule has 10 nitrogen and oxygen atoms in total. The minimum absolute atomic E-state index is 0. The van der Waals surface area contributed by atoms with E-state index in [9.17, 15) is 82.5 Å². The number of hydrogen-bond donors (Lipinski definition) is 4. The van der Waals surface area contributed by atoms with Crippen LogP contribution in [0.4, 0.5) is 52.7 Å². The van der Waals surface area contributed by atoms with Crippen molar-refractivity contribution in [2.45, 2.75) is 413 Å². The van der Waals surface area contributed by atoms with Crippen LogP contribution in [0.2, 0.25) is 75.5 Å². The normalized spacial score (nSPS) is 25.8. The lowest BCUT2D eigenvalue weighted by molar-refractivity contribution is -0.343. The van der Waals surface area contributed by atoms with Gasteiger partial charge in [0, 0.05) is 42.0 Å². The average Bonchev–Trinajstić information content (AvgIpc) is 1.44. The van der Waals surface area contributed by atoms with Crippen LogP contribution in [0.15, 0.2) is 95.6 Å². The van der Waals surface area contributed by atoms with Gasteiger partial charge in [0.2, 0.25) is 0 Å². The van der Waals surface area contributed by atoms with Crippen LogP contribution in [0.25, 0.3) is 0 Å². The first kappa shape index (κ1) is 112. The lowest BCUT2D eigenvalue weighted by Gasteiger charge is -2.49. The molecule has 0 aromatic heterocycles. The number of hydrogen-bond acceptors (Lipinski definition) is 10. The first-order chi connectivity index (χ1) is 54.7. The van der Waals surface area contributed by atoms with Gasteiger partial charge in [-0.2, -0.15) is 52.7 Å². The van der Waals surface area contributed by atoms with Crippen LogP contribution in [0.1, 0.15) is 266 Å². The second-order valence-electron chi connectivity index (χ2n) is 43.5. The number of aliphatic hydroxyl groups is 4. The molecule has 4 N–H and O–H groups in total. The number of aliphatic hydroxyl groups excluding tert-OH is 2. The maximum absolute atomic E-state index is 14.6. The number of Topliss-reactive ketones (excluding diaryl/α,β-unsaturated/α-hetero) is 1. The molecule has 6 aliphatic carbocycles. The topological polar surface area (TPSA) is 152 Å². The molecule has 27 heteroatoms. The molecule has 0 saturated heterocycles. The van der Waals surface area contributed by atoms with Crippen molar-refractivity contribution >= 4 is 56.8 Å². The second-order valence-corrected chi connectivity index (χ2v) is 64.8. The van der Waals surface area contributed by atoms with Crippen LogP contribution in [0.3, 0.4) is 0 Å². The van der Waals surface area contributed by atoms with Crippen LogP contribution in [-0.4, -0.2) is 137 Å². The van der Waals surface area contributed by atoms with Crippen molar-refractivity contribution in [1.82, 2.24) is 0 Å². The number of halogens is 12. The molecule has 123 heavy (non-hydrogen) atoms. The molecule has 0 aliphatic heterocycles. The van der Waals surface area contributed by atoms with Gasteiger partial charge >= 0.3 is 35.9 Å². The number of fused-ring (bicyclic) bond motifs is 2. The van der Waals surface area contributed by atoms with E-state index in [4.69, 9.17) is 17.7 Å². The second kappa shape index (κ2) is 41.4. The summed E-state index contributed by atoms with van der Waals surface area (Å²) in [4.78, 5) is 12.8.